The van der Waals surface area contributed by atoms with Gasteiger partial charge < -0.3 is 25.1 Å². The van der Waals surface area contributed by atoms with Crippen molar-refractivity contribution in [2.45, 2.75) is 51.2 Å². The molecule has 0 spiro atoms. The van der Waals surface area contributed by atoms with Crippen molar-refractivity contribution >= 4 is 23.0 Å². The van der Waals surface area contributed by atoms with Crippen LogP contribution in [0.4, 0.5) is 5.82 Å². The van der Waals surface area contributed by atoms with Crippen LogP contribution in [0, 0.1) is 5.92 Å². The molecule has 2 aromatic rings. The van der Waals surface area contributed by atoms with Gasteiger partial charge in [0, 0.05) is 19.1 Å². The van der Waals surface area contributed by atoms with E-state index in [0.29, 0.717) is 37.3 Å². The van der Waals surface area contributed by atoms with Gasteiger partial charge in [-0.3, -0.25) is 5.01 Å². The highest BCUT2D eigenvalue weighted by molar-refractivity contribution is 5.84. The van der Waals surface area contributed by atoms with Crippen LogP contribution >= 0.6 is 0 Å². The number of carboxylic acid groups (broad SMARTS) is 1. The Balaban J connectivity index is 1.75. The van der Waals surface area contributed by atoms with Gasteiger partial charge in [-0.05, 0) is 25.7 Å². The normalized spacial score (nSPS) is 23.9. The fourth-order valence-corrected chi connectivity index (χ4v) is 4.33. The lowest BCUT2D eigenvalue weighted by Crippen LogP contribution is -2.48. The molecule has 4 heterocycles. The van der Waals surface area contributed by atoms with E-state index in [4.69, 9.17) is 19.9 Å². The van der Waals surface area contributed by atoms with Crippen molar-refractivity contribution in [1.82, 2.24) is 19.6 Å². The minimum atomic E-state index is -0.918. The zero-order valence-electron chi connectivity index (χ0n) is 17.3. The average molecular weight is 420 g/mol. The highest BCUT2D eigenvalue weighted by Gasteiger charge is 2.46. The summed E-state index contributed by atoms with van der Waals surface area (Å²) < 4.78 is 18.5. The number of fused-ring (bicyclic) bond motifs is 1. The number of nitrogens with zero attached hydrogens (tertiary/aromatic N) is 5. The second-order valence-corrected chi connectivity index (χ2v) is 7.63. The Hall–Kier alpha value is -2.82. The van der Waals surface area contributed by atoms with E-state index < -0.39 is 12.0 Å². The third kappa shape index (κ3) is 3.57. The highest BCUT2D eigenvalue weighted by Crippen LogP contribution is 2.35. The molecule has 30 heavy (non-hydrogen) atoms. The Bertz CT molecular complexity index is 912. The second-order valence-electron chi connectivity index (χ2n) is 7.63. The van der Waals surface area contributed by atoms with Crippen molar-refractivity contribution in [3.05, 3.63) is 0 Å². The standard InChI is InChI=1S/C19H28N6O5/c1-3-4-9-30-18-22-15(20)13-16(23-18)25(19(21-13)28-2)24-8-7-11(14(24)17(26)27)12-6-5-10-29-12/h11-12,14H,3-10H2,1-2H3,(H,26,27)(H2,20,22,23). The van der Waals surface area contributed by atoms with Crippen LogP contribution in [0.5, 0.6) is 12.0 Å². The minimum Gasteiger partial charge on any atom is -0.480 e. The fraction of sp³-hybridized carbons (Fsp3) is 0.684. The lowest BCUT2D eigenvalue weighted by molar-refractivity contribution is -0.141. The number of hydrogen-bond donors (Lipinski definition) is 2. The third-order valence-electron chi connectivity index (χ3n) is 5.74. The van der Waals surface area contributed by atoms with Crippen LogP contribution in [0.25, 0.3) is 11.2 Å². The topological polar surface area (TPSA) is 138 Å². The highest BCUT2D eigenvalue weighted by atomic mass is 16.5. The Morgan fingerprint density at radius 2 is 2.17 bits per heavy atom. The molecule has 164 valence electrons. The van der Waals surface area contributed by atoms with Crippen LogP contribution in [-0.2, 0) is 9.53 Å². The first-order chi connectivity index (χ1) is 14.5. The molecule has 2 saturated heterocycles. The molecular weight excluding hydrogens is 392 g/mol. The summed E-state index contributed by atoms with van der Waals surface area (Å²) in [6.07, 6.45) is 4.28. The first-order valence-corrected chi connectivity index (χ1v) is 10.4. The molecular formula is C19H28N6O5. The number of hydrogen-bond acceptors (Lipinski definition) is 9. The molecule has 0 aromatic carbocycles. The van der Waals surface area contributed by atoms with Crippen molar-refractivity contribution in [2.75, 3.05) is 37.6 Å². The Morgan fingerprint density at radius 3 is 2.83 bits per heavy atom. The van der Waals surface area contributed by atoms with Gasteiger partial charge in [0.05, 0.1) is 19.8 Å². The molecule has 11 heteroatoms. The van der Waals surface area contributed by atoms with Gasteiger partial charge in [-0.15, -0.1) is 0 Å². The van der Waals surface area contributed by atoms with Gasteiger partial charge in [0.15, 0.2) is 17.0 Å². The zero-order valence-corrected chi connectivity index (χ0v) is 17.3. The van der Waals surface area contributed by atoms with Crippen LogP contribution in [0.15, 0.2) is 0 Å². The number of carboxylic acids is 1. The summed E-state index contributed by atoms with van der Waals surface area (Å²) in [6.45, 7) is 3.70. The molecule has 0 amide bonds. The Kier molecular flexibility index (Phi) is 5.80. The SMILES string of the molecule is CCCCOc1nc(N)c2nc(OC)n(N3CCC(C4CCCO4)C3C(=O)O)c2n1. The van der Waals surface area contributed by atoms with Crippen molar-refractivity contribution in [2.24, 2.45) is 5.92 Å². The van der Waals surface area contributed by atoms with Crippen LogP contribution in [-0.4, -0.2) is 69.7 Å². The number of imidazole rings is 1. The smallest absolute Gasteiger partial charge is 0.328 e. The van der Waals surface area contributed by atoms with Gasteiger partial charge in [0.2, 0.25) is 0 Å². The summed E-state index contributed by atoms with van der Waals surface area (Å²) in [7, 11) is 1.48. The summed E-state index contributed by atoms with van der Waals surface area (Å²) in [5.74, 6) is -0.893. The van der Waals surface area contributed by atoms with E-state index in [1.807, 2.05) is 0 Å². The van der Waals surface area contributed by atoms with Crippen molar-refractivity contribution < 1.29 is 24.1 Å². The van der Waals surface area contributed by atoms with Crippen LogP contribution < -0.4 is 20.2 Å². The molecule has 0 radical (unpaired) electrons. The number of nitrogens with two attached hydrogens (primary N) is 1. The number of aliphatic carboxylic acids is 1. The van der Waals surface area contributed by atoms with Crippen molar-refractivity contribution in [1.29, 1.82) is 0 Å². The number of anilines is 1. The number of unbranched alkanes of at least 4 members (excludes halogenated alkanes) is 1. The summed E-state index contributed by atoms with van der Waals surface area (Å²) in [5.41, 5.74) is 6.81. The summed E-state index contributed by atoms with van der Waals surface area (Å²) in [5, 5.41) is 11.8. The number of rotatable bonds is 8. The molecule has 3 unspecified atom stereocenters. The van der Waals surface area contributed by atoms with E-state index in [2.05, 4.69) is 21.9 Å². The molecule has 11 nitrogen and oxygen atoms in total. The molecule has 0 bridgehead atoms. The molecule has 2 aromatic heterocycles. The van der Waals surface area contributed by atoms with Crippen LogP contribution in [0.1, 0.15) is 39.0 Å². The van der Waals surface area contributed by atoms with E-state index in [-0.39, 0.29) is 29.9 Å². The molecule has 4 rings (SSSR count). The molecule has 0 aliphatic carbocycles. The summed E-state index contributed by atoms with van der Waals surface area (Å²) in [4.78, 5) is 25.3. The number of aromatic nitrogens is 4. The predicted molar refractivity (Wildman–Crippen MR) is 108 cm³/mol. The third-order valence-corrected chi connectivity index (χ3v) is 5.74. The molecule has 0 saturated carbocycles. The first-order valence-electron chi connectivity index (χ1n) is 10.4. The molecule has 3 N–H and O–H groups in total. The van der Waals surface area contributed by atoms with Gasteiger partial charge in [0.25, 0.3) is 0 Å². The summed E-state index contributed by atoms with van der Waals surface area (Å²) in [6, 6.07) is -0.449. The zero-order chi connectivity index (χ0) is 21.3. The van der Waals surface area contributed by atoms with Gasteiger partial charge in [-0.25, -0.2) is 4.79 Å². The van der Waals surface area contributed by atoms with Crippen molar-refractivity contribution in [3.63, 3.8) is 0 Å². The maximum atomic E-state index is 12.3. The molecule has 2 aliphatic rings. The molecule has 2 fully saturated rings. The Labute approximate surface area is 174 Å². The lowest BCUT2D eigenvalue weighted by atomic mass is 9.92. The van der Waals surface area contributed by atoms with Crippen LogP contribution in [0.3, 0.4) is 0 Å². The van der Waals surface area contributed by atoms with E-state index in [9.17, 15) is 9.90 Å². The van der Waals surface area contributed by atoms with Gasteiger partial charge in [-0.1, -0.05) is 13.3 Å². The second kappa shape index (κ2) is 8.50. The summed E-state index contributed by atoms with van der Waals surface area (Å²) >= 11 is 0. The van der Waals surface area contributed by atoms with E-state index >= 15 is 0 Å². The van der Waals surface area contributed by atoms with E-state index in [1.165, 1.54) is 7.11 Å². The molecule has 3 atom stereocenters. The van der Waals surface area contributed by atoms with E-state index in [1.54, 1.807) is 9.69 Å². The molecule has 2 aliphatic heterocycles. The van der Waals surface area contributed by atoms with Crippen LogP contribution in [0.2, 0.25) is 0 Å². The Morgan fingerprint density at radius 1 is 1.33 bits per heavy atom. The van der Waals surface area contributed by atoms with E-state index in [0.717, 1.165) is 25.7 Å². The maximum Gasteiger partial charge on any atom is 0.328 e. The quantitative estimate of drug-likeness (QED) is 0.599. The number of nitrogen functional groups attached to an aromatic ring is 1. The van der Waals surface area contributed by atoms with Gasteiger partial charge in [0.1, 0.15) is 6.04 Å². The lowest BCUT2D eigenvalue weighted by Gasteiger charge is -2.29. The van der Waals surface area contributed by atoms with Gasteiger partial charge >= 0.3 is 18.0 Å². The number of carbonyl (C=O) groups is 1. The number of ether oxygens (including phenoxy) is 3. The largest absolute Gasteiger partial charge is 0.480 e. The maximum absolute atomic E-state index is 12.3. The predicted octanol–water partition coefficient (Wildman–Crippen LogP) is 1.19. The average Bonchev–Trinajstić information content (AvgIpc) is 3.45. The minimum absolute atomic E-state index is 0.0653. The van der Waals surface area contributed by atoms with Crippen molar-refractivity contribution in [3.8, 4) is 12.0 Å². The monoisotopic (exact) mass is 420 g/mol. The van der Waals surface area contributed by atoms with Gasteiger partial charge in [-0.2, -0.15) is 19.6 Å². The fourth-order valence-electron chi connectivity index (χ4n) is 4.33. The first kappa shape index (κ1) is 20.5. The number of methoxy groups -OCH3 is 1.